The zero-order chi connectivity index (χ0) is 43.4. The summed E-state index contributed by atoms with van der Waals surface area (Å²) >= 11 is 1.80. The number of pyridine rings is 1. The number of para-hydroxylation sites is 2. The molecule has 11 rings (SSSR count). The Morgan fingerprint density at radius 1 is 0.656 bits per heavy atom. The van der Waals surface area contributed by atoms with Crippen LogP contribution in [0.3, 0.4) is 0 Å². The Labute approximate surface area is 378 Å². The number of aromatic nitrogens is 3. The third-order valence-corrected chi connectivity index (χ3v) is 12.4. The molecule has 0 atom stereocenters. The third-order valence-electron chi connectivity index (χ3n) is 11.2. The molecule has 61 heavy (non-hydrogen) atoms. The SMILES string of the molecule is CC(C)c1cc(-c2ccccc2)cc(C(C)C)c1-n1c(-c2[c-]ccc3c2oc2c3ccc3c4ccccc4sc32)nc2ccccc21.[2H]C([2H])([2H])c1ccc(-c2[c-]cccc2)nc1.[Ir]. The topological polar surface area (TPSA) is 43.9 Å². The third kappa shape index (κ3) is 7.29. The summed E-state index contributed by atoms with van der Waals surface area (Å²) in [7, 11) is 0. The molecule has 4 heterocycles. The maximum atomic E-state index is 7.23. The summed E-state index contributed by atoms with van der Waals surface area (Å²) in [6.07, 6.45) is 1.39. The molecule has 301 valence electrons. The van der Waals surface area contributed by atoms with Gasteiger partial charge in [0.15, 0.2) is 0 Å². The van der Waals surface area contributed by atoms with Crippen molar-refractivity contribution < 1.29 is 28.6 Å². The van der Waals surface area contributed by atoms with E-state index in [2.05, 4.69) is 159 Å². The summed E-state index contributed by atoms with van der Waals surface area (Å²) in [4.78, 5) is 9.46. The van der Waals surface area contributed by atoms with Crippen LogP contribution in [-0.4, -0.2) is 14.5 Å². The Bertz CT molecular complexity index is 3410. The Morgan fingerprint density at radius 3 is 2.11 bits per heavy atom. The summed E-state index contributed by atoms with van der Waals surface area (Å²) in [6.45, 7) is 7.07. The second kappa shape index (κ2) is 16.7. The van der Waals surface area contributed by atoms with E-state index in [1.54, 1.807) is 29.5 Å². The molecule has 4 aromatic heterocycles. The number of furan rings is 1. The van der Waals surface area contributed by atoms with Crippen LogP contribution in [0.5, 0.6) is 0 Å². The number of nitrogens with zero attached hydrogens (tertiary/aromatic N) is 3. The van der Waals surface area contributed by atoms with Crippen LogP contribution >= 0.6 is 11.3 Å². The molecule has 0 bridgehead atoms. The van der Waals surface area contributed by atoms with Crippen molar-refractivity contribution in [2.45, 2.75) is 46.4 Å². The van der Waals surface area contributed by atoms with Gasteiger partial charge in [0.25, 0.3) is 0 Å². The van der Waals surface area contributed by atoms with E-state index in [-0.39, 0.29) is 37.5 Å². The number of benzene rings is 7. The summed E-state index contributed by atoms with van der Waals surface area (Å²) in [5, 5.41) is 4.70. The van der Waals surface area contributed by atoms with Gasteiger partial charge in [-0.15, -0.1) is 65.4 Å². The molecule has 6 heteroatoms. The van der Waals surface area contributed by atoms with Gasteiger partial charge in [-0.25, -0.2) is 0 Å². The van der Waals surface area contributed by atoms with Gasteiger partial charge in [-0.3, -0.25) is 4.98 Å². The van der Waals surface area contributed by atoms with Gasteiger partial charge in [0.2, 0.25) is 0 Å². The van der Waals surface area contributed by atoms with E-state index in [9.17, 15) is 0 Å². The number of thiophene rings is 1. The predicted octanol–water partition coefficient (Wildman–Crippen LogP) is 15.5. The van der Waals surface area contributed by atoms with Gasteiger partial charge in [-0.2, -0.15) is 0 Å². The van der Waals surface area contributed by atoms with E-state index in [4.69, 9.17) is 13.5 Å². The fraction of sp³-hybridized carbons (Fsp3) is 0.127. The molecule has 0 fully saturated rings. The Morgan fingerprint density at radius 2 is 1.38 bits per heavy atom. The summed E-state index contributed by atoms with van der Waals surface area (Å²) in [5.74, 6) is 1.42. The molecule has 1 radical (unpaired) electrons. The van der Waals surface area contributed by atoms with Crippen molar-refractivity contribution in [2.75, 3.05) is 0 Å². The quantitative estimate of drug-likeness (QED) is 0.156. The van der Waals surface area contributed by atoms with Crippen molar-refractivity contribution in [1.29, 1.82) is 0 Å². The minimum absolute atomic E-state index is 0. The van der Waals surface area contributed by atoms with Gasteiger partial charge in [0.1, 0.15) is 5.58 Å². The maximum Gasteiger partial charge on any atom is 0.138 e. The number of imidazole rings is 1. The van der Waals surface area contributed by atoms with Crippen molar-refractivity contribution in [1.82, 2.24) is 14.5 Å². The van der Waals surface area contributed by atoms with Gasteiger partial charge >= 0.3 is 0 Å². The van der Waals surface area contributed by atoms with E-state index in [1.807, 2.05) is 24.3 Å². The Kier molecular flexibility index (Phi) is 10.0. The molecule has 11 aromatic rings. The molecule has 0 amide bonds. The molecule has 7 aromatic carbocycles. The fourth-order valence-electron chi connectivity index (χ4n) is 8.29. The van der Waals surface area contributed by atoms with E-state index < -0.39 is 6.85 Å². The molecule has 0 aliphatic heterocycles. The molecule has 0 spiro atoms. The average Bonchev–Trinajstić information content (AvgIpc) is 4.01. The Hall–Kier alpha value is -6.17. The smallest absolute Gasteiger partial charge is 0.138 e. The summed E-state index contributed by atoms with van der Waals surface area (Å²) < 4.78 is 33.5. The van der Waals surface area contributed by atoms with Crippen LogP contribution in [0.25, 0.3) is 92.6 Å². The van der Waals surface area contributed by atoms with E-state index in [0.717, 1.165) is 55.6 Å². The van der Waals surface area contributed by atoms with E-state index in [1.165, 1.54) is 54.3 Å². The first kappa shape index (κ1) is 36.7. The van der Waals surface area contributed by atoms with E-state index >= 15 is 0 Å². The second-order valence-electron chi connectivity index (χ2n) is 15.8. The van der Waals surface area contributed by atoms with E-state index in [0.29, 0.717) is 0 Å². The van der Waals surface area contributed by atoms with Gasteiger partial charge in [0.05, 0.1) is 27.1 Å². The number of rotatable bonds is 6. The van der Waals surface area contributed by atoms with Crippen molar-refractivity contribution in [3.05, 3.63) is 187 Å². The number of hydrogen-bond donors (Lipinski definition) is 0. The standard InChI is InChI=1S/C43H33N2OS.C12H10N.Ir/c1-25(2)34-23-28(27-13-6-5-7-14-27)24-35(26(3)4)39(34)45-37-19-10-9-18-36(37)44-43(45)33-17-12-16-30-31-21-22-32-29-15-8-11-20-38(29)47-42(32)41(31)46-40(30)33;1-10-7-8-12(13-9-10)11-5-3-2-4-6-11;/h5-16,18-26H,1-4H3;2-5,7-9H,1H3;/q2*-1;/i;1D3;. The Balaban J connectivity index is 0.000000258. The number of hydrogen-bond acceptors (Lipinski definition) is 4. The van der Waals surface area contributed by atoms with Gasteiger partial charge in [-0.05, 0) is 82.5 Å². The molecule has 0 saturated heterocycles. The number of fused-ring (bicyclic) bond motifs is 8. The number of aryl methyl sites for hydroxylation is 1. The van der Waals surface area contributed by atoms with Crippen molar-refractivity contribution >= 4 is 64.5 Å². The summed E-state index contributed by atoms with van der Waals surface area (Å²) in [6, 6.07) is 58.5. The van der Waals surface area contributed by atoms with Crippen LogP contribution in [0.4, 0.5) is 0 Å². The van der Waals surface area contributed by atoms with Crippen LogP contribution < -0.4 is 0 Å². The minimum atomic E-state index is -2.09. The molecule has 0 unspecified atom stereocenters. The second-order valence-corrected chi connectivity index (χ2v) is 16.8. The fourth-order valence-corrected chi connectivity index (χ4v) is 9.48. The van der Waals surface area contributed by atoms with Crippen LogP contribution in [-0.2, 0) is 20.1 Å². The minimum Gasteiger partial charge on any atom is -0.499 e. The van der Waals surface area contributed by atoms with Crippen LogP contribution in [0, 0.1) is 19.0 Å². The molecular weight excluding hydrogens is 943 g/mol. The van der Waals surface area contributed by atoms with Crippen LogP contribution in [0.15, 0.2) is 162 Å². The first-order valence-electron chi connectivity index (χ1n) is 21.9. The predicted molar refractivity (Wildman–Crippen MR) is 252 cm³/mol. The first-order chi connectivity index (χ1) is 30.5. The maximum absolute atomic E-state index is 7.23. The van der Waals surface area contributed by atoms with Crippen molar-refractivity contribution in [3.8, 4) is 39.5 Å². The molecular formula is C55H43IrN3OS-2. The first-order valence-corrected chi connectivity index (χ1v) is 21.2. The van der Waals surface area contributed by atoms with Gasteiger partial charge < -0.3 is 14.0 Å². The molecule has 0 saturated carbocycles. The molecule has 4 nitrogen and oxygen atoms in total. The van der Waals surface area contributed by atoms with Crippen LogP contribution in [0.1, 0.15) is 60.3 Å². The zero-order valence-corrected chi connectivity index (χ0v) is 37.4. The van der Waals surface area contributed by atoms with Gasteiger partial charge in [-0.1, -0.05) is 124 Å². The molecule has 0 aliphatic carbocycles. The van der Waals surface area contributed by atoms with Crippen molar-refractivity contribution in [3.63, 3.8) is 0 Å². The molecule has 0 aliphatic rings. The van der Waals surface area contributed by atoms with Crippen molar-refractivity contribution in [2.24, 2.45) is 0 Å². The van der Waals surface area contributed by atoms with Crippen LogP contribution in [0.2, 0.25) is 0 Å². The normalized spacial score (nSPS) is 12.5. The summed E-state index contributed by atoms with van der Waals surface area (Å²) in [5.41, 5.74) is 12.8. The largest absolute Gasteiger partial charge is 0.499 e. The average molecular weight is 989 g/mol. The molecule has 0 N–H and O–H groups in total. The zero-order valence-electron chi connectivity index (χ0n) is 37.2. The van der Waals surface area contributed by atoms with Gasteiger partial charge in [0, 0.05) is 57.0 Å². The monoisotopic (exact) mass is 989 g/mol.